The van der Waals surface area contributed by atoms with Gasteiger partial charge in [0.15, 0.2) is 0 Å². The van der Waals surface area contributed by atoms with E-state index in [1.54, 1.807) is 0 Å². The highest BCUT2D eigenvalue weighted by Crippen LogP contribution is 2.38. The first-order valence-corrected chi connectivity index (χ1v) is 6.53. The average molecular weight is 260 g/mol. The molecule has 0 saturated carbocycles. The Hall–Kier alpha value is -1.84. The number of hydrogen-bond acceptors (Lipinski definition) is 4. The van der Waals surface area contributed by atoms with Gasteiger partial charge in [-0.25, -0.2) is 9.59 Å². The zero-order valence-electron chi connectivity index (χ0n) is 10.8. The normalized spacial score (nSPS) is 36.9. The molecule has 0 aromatic heterocycles. The first-order chi connectivity index (χ1) is 9.06. The summed E-state index contributed by atoms with van der Waals surface area (Å²) in [7, 11) is 0. The van der Waals surface area contributed by atoms with Crippen molar-refractivity contribution in [2.45, 2.75) is 38.4 Å². The second-order valence-corrected chi connectivity index (χ2v) is 5.35. The third-order valence-corrected chi connectivity index (χ3v) is 3.98. The fourth-order valence-electron chi connectivity index (χ4n) is 2.96. The molecule has 4 heteroatoms. The van der Waals surface area contributed by atoms with Crippen LogP contribution in [-0.4, -0.2) is 24.1 Å². The summed E-state index contributed by atoms with van der Waals surface area (Å²) in [5.41, 5.74) is 2.28. The van der Waals surface area contributed by atoms with Crippen molar-refractivity contribution >= 4 is 11.9 Å². The smallest absolute Gasteiger partial charge is 0.334 e. The molecule has 1 fully saturated rings. The van der Waals surface area contributed by atoms with Crippen LogP contribution in [0.3, 0.4) is 0 Å². The van der Waals surface area contributed by atoms with E-state index < -0.39 is 6.10 Å². The number of rotatable bonds is 0. The summed E-state index contributed by atoms with van der Waals surface area (Å²) >= 11 is 0. The molecule has 0 aromatic rings. The van der Waals surface area contributed by atoms with Gasteiger partial charge in [-0.2, -0.15) is 0 Å². The van der Waals surface area contributed by atoms with E-state index in [1.807, 2.05) is 13.0 Å². The van der Waals surface area contributed by atoms with Crippen molar-refractivity contribution in [1.82, 2.24) is 0 Å². The van der Waals surface area contributed by atoms with Crippen LogP contribution in [0.1, 0.15) is 26.2 Å². The van der Waals surface area contributed by atoms with Gasteiger partial charge in [0.05, 0.1) is 5.92 Å². The van der Waals surface area contributed by atoms with Gasteiger partial charge >= 0.3 is 11.9 Å². The summed E-state index contributed by atoms with van der Waals surface area (Å²) in [6.07, 6.45) is 5.42. The minimum atomic E-state index is -0.405. The first-order valence-electron chi connectivity index (χ1n) is 6.53. The Kier molecular flexibility index (Phi) is 2.81. The number of ether oxygens (including phenoxy) is 2. The van der Waals surface area contributed by atoms with E-state index in [-0.39, 0.29) is 24.0 Å². The van der Waals surface area contributed by atoms with E-state index in [1.165, 1.54) is 5.57 Å². The Morgan fingerprint density at radius 2 is 2.05 bits per heavy atom. The van der Waals surface area contributed by atoms with E-state index in [0.717, 1.165) is 6.42 Å². The van der Waals surface area contributed by atoms with Crippen LogP contribution >= 0.6 is 0 Å². The molecule has 2 heterocycles. The maximum atomic E-state index is 11.8. The van der Waals surface area contributed by atoms with Gasteiger partial charge in [0.1, 0.15) is 12.2 Å². The lowest BCUT2D eigenvalue weighted by Crippen LogP contribution is -2.29. The molecule has 2 bridgehead atoms. The number of carbonyl (C=O) groups excluding carboxylic acids is 2. The number of hydrogen-bond donors (Lipinski definition) is 0. The van der Waals surface area contributed by atoms with Crippen molar-refractivity contribution in [3.63, 3.8) is 0 Å². The maximum Gasteiger partial charge on any atom is 0.334 e. The zero-order chi connectivity index (χ0) is 13.6. The molecule has 19 heavy (non-hydrogen) atoms. The predicted octanol–water partition coefficient (Wildman–Crippen LogP) is 2.07. The second-order valence-electron chi connectivity index (χ2n) is 5.35. The number of allylic oxidation sites excluding steroid dienone is 1. The highest BCUT2D eigenvalue weighted by atomic mass is 16.6. The Balaban J connectivity index is 1.98. The van der Waals surface area contributed by atoms with E-state index in [2.05, 4.69) is 12.7 Å². The lowest BCUT2D eigenvalue weighted by Gasteiger charge is -2.22. The van der Waals surface area contributed by atoms with Crippen molar-refractivity contribution in [3.8, 4) is 0 Å². The van der Waals surface area contributed by atoms with Crippen LogP contribution in [-0.2, 0) is 19.1 Å². The summed E-state index contributed by atoms with van der Waals surface area (Å²) < 4.78 is 10.7. The van der Waals surface area contributed by atoms with Gasteiger partial charge in [0.25, 0.3) is 0 Å². The van der Waals surface area contributed by atoms with Gasteiger partial charge < -0.3 is 9.47 Å². The number of esters is 2. The molecule has 3 aliphatic rings. The molecule has 0 spiro atoms. The van der Waals surface area contributed by atoms with E-state index in [4.69, 9.17) is 9.47 Å². The highest BCUT2D eigenvalue weighted by molar-refractivity contribution is 5.93. The molecule has 1 aliphatic carbocycles. The summed E-state index contributed by atoms with van der Waals surface area (Å²) in [6.45, 7) is 5.82. The van der Waals surface area contributed by atoms with Crippen LogP contribution in [0, 0.1) is 5.92 Å². The SMILES string of the molecule is C=C1C(=O)O[C@H]2C/C(C)=C\CCC3=C[C@@H](OC3=O)[C@H]12. The van der Waals surface area contributed by atoms with Crippen molar-refractivity contribution in [2.24, 2.45) is 5.92 Å². The monoisotopic (exact) mass is 260 g/mol. The lowest BCUT2D eigenvalue weighted by molar-refractivity contribution is -0.142. The fourth-order valence-corrected chi connectivity index (χ4v) is 2.96. The molecule has 0 radical (unpaired) electrons. The molecular formula is C15H16O4. The Morgan fingerprint density at radius 1 is 1.26 bits per heavy atom. The quantitative estimate of drug-likeness (QED) is 0.380. The molecule has 2 aliphatic heterocycles. The van der Waals surface area contributed by atoms with Crippen LogP contribution in [0.25, 0.3) is 0 Å². The number of fused-ring (bicyclic) bond motifs is 3. The molecule has 0 aromatic carbocycles. The number of carbonyl (C=O) groups is 2. The van der Waals surface area contributed by atoms with E-state index in [0.29, 0.717) is 24.0 Å². The molecule has 4 nitrogen and oxygen atoms in total. The minimum Gasteiger partial charge on any atom is -0.458 e. The second kappa shape index (κ2) is 4.37. The zero-order valence-corrected chi connectivity index (χ0v) is 10.8. The minimum absolute atomic E-state index is 0.254. The van der Waals surface area contributed by atoms with Crippen LogP contribution in [0.5, 0.6) is 0 Å². The summed E-state index contributed by atoms with van der Waals surface area (Å²) in [5.74, 6) is -0.904. The van der Waals surface area contributed by atoms with Gasteiger partial charge in [-0.3, -0.25) is 0 Å². The first kappa shape index (κ1) is 12.2. The van der Waals surface area contributed by atoms with Crippen LogP contribution in [0.2, 0.25) is 0 Å². The van der Waals surface area contributed by atoms with Crippen LogP contribution in [0.4, 0.5) is 0 Å². The molecule has 0 unspecified atom stereocenters. The molecule has 100 valence electrons. The topological polar surface area (TPSA) is 52.6 Å². The van der Waals surface area contributed by atoms with Crippen molar-refractivity contribution in [1.29, 1.82) is 0 Å². The fraction of sp³-hybridized carbons (Fsp3) is 0.467. The van der Waals surface area contributed by atoms with Crippen molar-refractivity contribution < 1.29 is 19.1 Å². The molecule has 0 N–H and O–H groups in total. The summed E-state index contributed by atoms with van der Waals surface area (Å²) in [4.78, 5) is 23.5. The van der Waals surface area contributed by atoms with Crippen LogP contribution in [0.15, 0.2) is 35.5 Å². The molecule has 0 amide bonds. The van der Waals surface area contributed by atoms with E-state index >= 15 is 0 Å². The molecular weight excluding hydrogens is 244 g/mol. The van der Waals surface area contributed by atoms with Crippen molar-refractivity contribution in [2.75, 3.05) is 0 Å². The van der Waals surface area contributed by atoms with Gasteiger partial charge in [-0.15, -0.1) is 0 Å². The van der Waals surface area contributed by atoms with Crippen molar-refractivity contribution in [3.05, 3.63) is 35.5 Å². The standard InChI is InChI=1S/C15H16O4/c1-8-4-3-5-10-7-12(19-15(10)17)13-9(2)14(16)18-11(13)6-8/h4,7,11-13H,2-3,5-6H2,1H3/b8-4-/t11-,12+,13+/m0/s1. The Morgan fingerprint density at radius 3 is 2.84 bits per heavy atom. The Labute approximate surface area is 111 Å². The van der Waals surface area contributed by atoms with E-state index in [9.17, 15) is 9.59 Å². The Bertz CT molecular complexity index is 526. The summed E-state index contributed by atoms with van der Waals surface area (Å²) in [5, 5.41) is 0. The van der Waals surface area contributed by atoms with Gasteiger partial charge in [0.2, 0.25) is 0 Å². The third kappa shape index (κ3) is 2.01. The van der Waals surface area contributed by atoms with Crippen LogP contribution < -0.4 is 0 Å². The predicted molar refractivity (Wildman–Crippen MR) is 68.1 cm³/mol. The third-order valence-electron chi connectivity index (χ3n) is 3.98. The largest absolute Gasteiger partial charge is 0.458 e. The highest BCUT2D eigenvalue weighted by Gasteiger charge is 2.46. The van der Waals surface area contributed by atoms with Gasteiger partial charge in [-0.1, -0.05) is 18.2 Å². The molecule has 3 atom stereocenters. The molecule has 3 rings (SSSR count). The molecule has 1 saturated heterocycles. The summed E-state index contributed by atoms with van der Waals surface area (Å²) in [6, 6.07) is 0. The average Bonchev–Trinajstić information content (AvgIpc) is 2.81. The lowest BCUT2D eigenvalue weighted by atomic mass is 9.86. The maximum absolute atomic E-state index is 11.8. The van der Waals surface area contributed by atoms with Gasteiger partial charge in [0, 0.05) is 17.6 Å². The van der Waals surface area contributed by atoms with Gasteiger partial charge in [-0.05, 0) is 25.8 Å².